The van der Waals surface area contributed by atoms with Crippen molar-refractivity contribution in [1.82, 2.24) is 9.97 Å². The van der Waals surface area contributed by atoms with Crippen molar-refractivity contribution in [3.63, 3.8) is 0 Å². The third-order valence-corrected chi connectivity index (χ3v) is 7.59. The van der Waals surface area contributed by atoms with Gasteiger partial charge in [-0.25, -0.2) is 4.98 Å². The fraction of sp³-hybridized carbons (Fsp3) is 0.250. The van der Waals surface area contributed by atoms with Crippen LogP contribution in [-0.4, -0.2) is 9.97 Å². The molecule has 0 aliphatic heterocycles. The van der Waals surface area contributed by atoms with Crippen LogP contribution in [0.3, 0.4) is 0 Å². The number of rotatable bonds is 3. The van der Waals surface area contributed by atoms with E-state index in [0.717, 1.165) is 38.7 Å². The molecule has 6 aromatic rings. The van der Waals surface area contributed by atoms with Crippen LogP contribution in [0.5, 0.6) is 0 Å². The maximum atomic E-state index is 7.80. The molecule has 3 aromatic heterocycles. The van der Waals surface area contributed by atoms with Gasteiger partial charge in [0.2, 0.25) is 0 Å². The lowest BCUT2D eigenvalue weighted by Crippen LogP contribution is -2.11. The number of aryl methyl sites for hydroxylation is 3. The van der Waals surface area contributed by atoms with E-state index in [1.54, 1.807) is 0 Å². The molecule has 4 heteroatoms. The Balaban J connectivity index is 1.59. The lowest BCUT2D eigenvalue weighted by Gasteiger charge is -2.22. The van der Waals surface area contributed by atoms with Gasteiger partial charge >= 0.3 is 0 Å². The third-order valence-electron chi connectivity index (χ3n) is 6.76. The number of furan rings is 1. The smallest absolute Gasteiger partial charge is 0.162 e. The van der Waals surface area contributed by atoms with Crippen LogP contribution >= 0.6 is 11.3 Å². The highest BCUT2D eigenvalue weighted by molar-refractivity contribution is 7.18. The molecule has 36 heavy (non-hydrogen) atoms. The molecule has 0 spiro atoms. The molecule has 0 radical (unpaired) electrons. The third kappa shape index (κ3) is 3.81. The standard InChI is InChI=1S/C32H30N2OS/c1-18-9-7-10-19(2)28(18)25-15-26(33-17-21(25)16-32(4,5)6)24-12-8-11-22-23-13-14-27-29(34-20(3)36-27)31(23)35-30(22)24/h7-15,17H,16H2,1-6H3/i3D3. The normalized spacial score (nSPS) is 13.9. The van der Waals surface area contributed by atoms with E-state index in [2.05, 4.69) is 63.9 Å². The summed E-state index contributed by atoms with van der Waals surface area (Å²) in [6.07, 6.45) is 2.93. The van der Waals surface area contributed by atoms with E-state index in [1.807, 2.05) is 36.5 Å². The summed E-state index contributed by atoms with van der Waals surface area (Å²) < 4.78 is 30.7. The van der Waals surface area contributed by atoms with Gasteiger partial charge < -0.3 is 4.42 Å². The monoisotopic (exact) mass is 493 g/mol. The largest absolute Gasteiger partial charge is 0.453 e. The van der Waals surface area contributed by atoms with Crippen LogP contribution < -0.4 is 0 Å². The summed E-state index contributed by atoms with van der Waals surface area (Å²) in [5.74, 6) is 0. The maximum Gasteiger partial charge on any atom is 0.162 e. The zero-order valence-electron chi connectivity index (χ0n) is 24.2. The molecule has 0 amide bonds. The average Bonchev–Trinajstić information content (AvgIpc) is 3.45. The molecular weight excluding hydrogens is 460 g/mol. The minimum atomic E-state index is -2.25. The second kappa shape index (κ2) is 8.28. The Morgan fingerprint density at radius 2 is 1.67 bits per heavy atom. The fourth-order valence-corrected chi connectivity index (χ4v) is 5.98. The zero-order chi connectivity index (χ0) is 27.7. The molecule has 0 N–H and O–H groups in total. The van der Waals surface area contributed by atoms with Crippen molar-refractivity contribution < 1.29 is 8.53 Å². The number of thiazole rings is 1. The molecule has 0 saturated carbocycles. The van der Waals surface area contributed by atoms with Gasteiger partial charge in [0.15, 0.2) is 5.58 Å². The molecule has 6 rings (SSSR count). The van der Waals surface area contributed by atoms with Gasteiger partial charge in [0, 0.05) is 26.6 Å². The first-order valence-electron chi connectivity index (χ1n) is 13.7. The Morgan fingerprint density at radius 1 is 0.917 bits per heavy atom. The van der Waals surface area contributed by atoms with Crippen LogP contribution in [0.2, 0.25) is 0 Å². The van der Waals surface area contributed by atoms with Gasteiger partial charge in [0.05, 0.1) is 15.4 Å². The molecule has 0 unspecified atom stereocenters. The average molecular weight is 494 g/mol. The molecular formula is C32H30N2OS. The maximum absolute atomic E-state index is 7.80. The van der Waals surface area contributed by atoms with Crippen LogP contribution in [0.1, 0.15) is 46.6 Å². The highest BCUT2D eigenvalue weighted by Crippen LogP contribution is 2.41. The summed E-state index contributed by atoms with van der Waals surface area (Å²) in [5.41, 5.74) is 9.93. The topological polar surface area (TPSA) is 38.9 Å². The van der Waals surface area contributed by atoms with Crippen LogP contribution in [0.25, 0.3) is 54.5 Å². The number of nitrogens with zero attached hydrogens (tertiary/aromatic N) is 2. The first kappa shape index (κ1) is 19.7. The predicted octanol–water partition coefficient (Wildman–Crippen LogP) is 9.44. The van der Waals surface area contributed by atoms with E-state index in [1.165, 1.54) is 39.2 Å². The number of hydrogen-bond acceptors (Lipinski definition) is 4. The molecule has 0 atom stereocenters. The summed E-state index contributed by atoms with van der Waals surface area (Å²) >= 11 is 1.19. The van der Waals surface area contributed by atoms with Crippen LogP contribution in [-0.2, 0) is 6.42 Å². The Hall–Kier alpha value is -3.50. The van der Waals surface area contributed by atoms with Gasteiger partial charge in [-0.3, -0.25) is 4.98 Å². The lowest BCUT2D eigenvalue weighted by atomic mass is 9.83. The first-order valence-corrected chi connectivity index (χ1v) is 13.0. The predicted molar refractivity (Wildman–Crippen MR) is 153 cm³/mol. The van der Waals surface area contributed by atoms with Gasteiger partial charge in [-0.05, 0) is 84.6 Å². The van der Waals surface area contributed by atoms with Crippen molar-refractivity contribution in [3.8, 4) is 22.4 Å². The molecule has 3 aromatic carbocycles. The molecule has 3 nitrogen and oxygen atoms in total. The van der Waals surface area contributed by atoms with Gasteiger partial charge in [0.1, 0.15) is 11.1 Å². The summed E-state index contributed by atoms with van der Waals surface area (Å²) in [7, 11) is 0. The fourth-order valence-electron chi connectivity index (χ4n) is 5.26. The summed E-state index contributed by atoms with van der Waals surface area (Å²) in [4.78, 5) is 9.42. The minimum absolute atomic E-state index is 0.111. The van der Waals surface area contributed by atoms with Gasteiger partial charge in [-0.2, -0.15) is 0 Å². The Bertz CT molecular complexity index is 1870. The van der Waals surface area contributed by atoms with E-state index in [9.17, 15) is 0 Å². The van der Waals surface area contributed by atoms with Crippen molar-refractivity contribution in [3.05, 3.63) is 82.5 Å². The van der Waals surface area contributed by atoms with Gasteiger partial charge in [-0.1, -0.05) is 51.1 Å². The zero-order valence-corrected chi connectivity index (χ0v) is 22.0. The molecule has 180 valence electrons. The molecule has 0 aliphatic carbocycles. The van der Waals surface area contributed by atoms with Gasteiger partial charge in [-0.15, -0.1) is 11.3 Å². The van der Waals surface area contributed by atoms with Crippen LogP contribution in [0.4, 0.5) is 0 Å². The van der Waals surface area contributed by atoms with Crippen molar-refractivity contribution in [1.29, 1.82) is 0 Å². The lowest BCUT2D eigenvalue weighted by molar-refractivity contribution is 0.411. The Labute approximate surface area is 220 Å². The van der Waals surface area contributed by atoms with Crippen molar-refractivity contribution >= 4 is 43.5 Å². The van der Waals surface area contributed by atoms with Crippen molar-refractivity contribution in [2.75, 3.05) is 0 Å². The summed E-state index contributed by atoms with van der Waals surface area (Å²) in [6, 6.07) is 18.7. The van der Waals surface area contributed by atoms with E-state index in [4.69, 9.17) is 13.5 Å². The Kier molecular flexibility index (Phi) is 4.52. The minimum Gasteiger partial charge on any atom is -0.453 e. The molecule has 0 aliphatic rings. The number of aromatic nitrogens is 2. The van der Waals surface area contributed by atoms with Crippen LogP contribution in [0, 0.1) is 26.1 Å². The quantitative estimate of drug-likeness (QED) is 0.246. The number of fused-ring (bicyclic) bond motifs is 5. The number of benzene rings is 3. The summed E-state index contributed by atoms with van der Waals surface area (Å²) in [5, 5.41) is 2.00. The SMILES string of the molecule is [2H]C([2H])([2H])c1nc2c(ccc3c4cccc(-c5cc(-c6c(C)cccc6C)c(CC(C)(C)C)cn5)c4oc32)s1. The van der Waals surface area contributed by atoms with Crippen molar-refractivity contribution in [2.24, 2.45) is 5.41 Å². The molecule has 0 saturated heterocycles. The van der Waals surface area contributed by atoms with E-state index in [-0.39, 0.29) is 10.4 Å². The number of hydrogen-bond donors (Lipinski definition) is 0. The molecule has 3 heterocycles. The number of pyridine rings is 1. The molecule has 0 fully saturated rings. The Morgan fingerprint density at radius 3 is 2.42 bits per heavy atom. The summed E-state index contributed by atoms with van der Waals surface area (Å²) in [6.45, 7) is 8.83. The van der Waals surface area contributed by atoms with Crippen LogP contribution in [0.15, 0.2) is 65.2 Å². The second-order valence-corrected chi connectivity index (χ2v) is 11.9. The number of para-hydroxylation sites is 1. The first-order chi connectivity index (χ1) is 18.4. The van der Waals surface area contributed by atoms with E-state index >= 15 is 0 Å². The molecule has 0 bridgehead atoms. The highest BCUT2D eigenvalue weighted by Gasteiger charge is 2.21. The van der Waals surface area contributed by atoms with E-state index in [0.29, 0.717) is 11.1 Å². The van der Waals surface area contributed by atoms with Crippen molar-refractivity contribution in [2.45, 2.75) is 47.9 Å². The highest BCUT2D eigenvalue weighted by atomic mass is 32.1. The second-order valence-electron chi connectivity index (χ2n) is 10.8. The van der Waals surface area contributed by atoms with Gasteiger partial charge in [0.25, 0.3) is 0 Å². The van der Waals surface area contributed by atoms with E-state index < -0.39 is 6.85 Å².